The smallest absolute Gasteiger partial charge is 0.140 e. The predicted molar refractivity (Wildman–Crippen MR) is 113 cm³/mol. The Bertz CT molecular complexity index is 968. The summed E-state index contributed by atoms with van der Waals surface area (Å²) in [6.07, 6.45) is 7.19. The molecule has 0 fully saturated rings. The number of fused-ring (bicyclic) bond motifs is 2. The minimum Gasteiger partial charge on any atom is -0.355 e. The second-order valence-corrected chi connectivity index (χ2v) is 8.61. The zero-order valence-corrected chi connectivity index (χ0v) is 17.2. The SMILES string of the molecule is CCn1ccc2c(C(C)(C)CN3CCc4c(C(C)C)ccnc43)ccnc21. The topological polar surface area (TPSA) is 34.0 Å². The maximum Gasteiger partial charge on any atom is 0.140 e. The highest BCUT2D eigenvalue weighted by Gasteiger charge is 2.31. The van der Waals surface area contributed by atoms with E-state index in [-0.39, 0.29) is 5.41 Å². The number of aromatic nitrogens is 3. The molecule has 1 aliphatic heterocycles. The van der Waals surface area contributed by atoms with E-state index in [1.165, 1.54) is 27.9 Å². The highest BCUT2D eigenvalue weighted by atomic mass is 15.2. The lowest BCUT2D eigenvalue weighted by atomic mass is 9.83. The molecule has 27 heavy (non-hydrogen) atoms. The van der Waals surface area contributed by atoms with Crippen molar-refractivity contribution in [3.8, 4) is 0 Å². The second-order valence-electron chi connectivity index (χ2n) is 8.61. The van der Waals surface area contributed by atoms with Crippen LogP contribution >= 0.6 is 0 Å². The van der Waals surface area contributed by atoms with Crippen molar-refractivity contribution in [2.45, 2.75) is 58.9 Å². The third-order valence-corrected chi connectivity index (χ3v) is 5.94. The van der Waals surface area contributed by atoms with Crippen LogP contribution < -0.4 is 4.90 Å². The Morgan fingerprint density at radius 2 is 1.89 bits per heavy atom. The van der Waals surface area contributed by atoms with Crippen LogP contribution in [0, 0.1) is 0 Å². The highest BCUT2D eigenvalue weighted by molar-refractivity contribution is 5.81. The molecule has 0 saturated carbocycles. The van der Waals surface area contributed by atoms with Gasteiger partial charge in [0.05, 0.1) is 0 Å². The van der Waals surface area contributed by atoms with Gasteiger partial charge in [-0.05, 0) is 54.2 Å². The lowest BCUT2D eigenvalue weighted by Gasteiger charge is -2.32. The van der Waals surface area contributed by atoms with Crippen molar-refractivity contribution < 1.29 is 0 Å². The lowest BCUT2D eigenvalue weighted by molar-refractivity contribution is 0.518. The largest absolute Gasteiger partial charge is 0.355 e. The summed E-state index contributed by atoms with van der Waals surface area (Å²) >= 11 is 0. The van der Waals surface area contributed by atoms with Crippen LogP contribution in [-0.4, -0.2) is 27.6 Å². The highest BCUT2D eigenvalue weighted by Crippen LogP contribution is 2.36. The fraction of sp³-hybridized carbons (Fsp3) is 0.478. The first-order chi connectivity index (χ1) is 12.9. The predicted octanol–water partition coefficient (Wildman–Crippen LogP) is 4.91. The van der Waals surface area contributed by atoms with Gasteiger partial charge in [-0.3, -0.25) is 0 Å². The molecule has 4 rings (SSSR count). The van der Waals surface area contributed by atoms with Crippen molar-refractivity contribution in [2.75, 3.05) is 18.0 Å². The van der Waals surface area contributed by atoms with E-state index in [2.05, 4.69) is 73.5 Å². The molecule has 4 nitrogen and oxygen atoms in total. The van der Waals surface area contributed by atoms with Gasteiger partial charge < -0.3 is 9.47 Å². The van der Waals surface area contributed by atoms with E-state index >= 15 is 0 Å². The average molecular weight is 363 g/mol. The van der Waals surface area contributed by atoms with Crippen molar-refractivity contribution in [1.29, 1.82) is 0 Å². The van der Waals surface area contributed by atoms with Crippen LogP contribution in [0.15, 0.2) is 36.8 Å². The molecule has 0 amide bonds. The molecule has 0 radical (unpaired) electrons. The number of aryl methyl sites for hydroxylation is 1. The quantitative estimate of drug-likeness (QED) is 0.646. The van der Waals surface area contributed by atoms with Gasteiger partial charge in [0.15, 0.2) is 0 Å². The fourth-order valence-electron chi connectivity index (χ4n) is 4.57. The van der Waals surface area contributed by atoms with Crippen molar-refractivity contribution in [2.24, 2.45) is 0 Å². The number of hydrogen-bond donors (Lipinski definition) is 0. The van der Waals surface area contributed by atoms with Gasteiger partial charge in [0.1, 0.15) is 11.5 Å². The molecule has 3 aromatic heterocycles. The molecular formula is C23H30N4. The number of anilines is 1. The van der Waals surface area contributed by atoms with Crippen molar-refractivity contribution in [3.63, 3.8) is 0 Å². The Morgan fingerprint density at radius 1 is 1.11 bits per heavy atom. The maximum atomic E-state index is 4.75. The molecule has 0 aromatic carbocycles. The van der Waals surface area contributed by atoms with Crippen LogP contribution in [-0.2, 0) is 18.4 Å². The summed E-state index contributed by atoms with van der Waals surface area (Å²) in [4.78, 5) is 11.8. The first kappa shape index (κ1) is 18.0. The van der Waals surface area contributed by atoms with Crippen LogP contribution in [0.5, 0.6) is 0 Å². The molecule has 0 saturated heterocycles. The molecule has 1 aliphatic rings. The summed E-state index contributed by atoms with van der Waals surface area (Å²) < 4.78 is 2.22. The molecule has 0 spiro atoms. The van der Waals surface area contributed by atoms with Crippen molar-refractivity contribution in [3.05, 3.63) is 53.5 Å². The molecule has 4 heterocycles. The van der Waals surface area contributed by atoms with Crippen molar-refractivity contribution in [1.82, 2.24) is 14.5 Å². The van der Waals surface area contributed by atoms with Crippen LogP contribution in [0.4, 0.5) is 5.82 Å². The Labute approximate surface area is 162 Å². The molecule has 0 N–H and O–H groups in total. The Balaban J connectivity index is 1.69. The maximum absolute atomic E-state index is 4.75. The third kappa shape index (κ3) is 3.01. The Morgan fingerprint density at radius 3 is 2.63 bits per heavy atom. The summed E-state index contributed by atoms with van der Waals surface area (Å²) in [5, 5.41) is 1.27. The Kier molecular flexibility index (Phi) is 4.45. The van der Waals surface area contributed by atoms with Gasteiger partial charge in [0, 0.05) is 49.0 Å². The zero-order valence-electron chi connectivity index (χ0n) is 17.2. The molecule has 0 unspecified atom stereocenters. The molecule has 142 valence electrons. The van der Waals surface area contributed by atoms with Crippen LogP contribution in [0.25, 0.3) is 11.0 Å². The minimum atomic E-state index is 0.0121. The van der Waals surface area contributed by atoms with Gasteiger partial charge in [-0.15, -0.1) is 0 Å². The van der Waals surface area contributed by atoms with Gasteiger partial charge in [0.25, 0.3) is 0 Å². The average Bonchev–Trinajstić information content (AvgIpc) is 3.24. The monoisotopic (exact) mass is 362 g/mol. The molecular weight excluding hydrogens is 332 g/mol. The van der Waals surface area contributed by atoms with E-state index in [0.717, 1.165) is 31.7 Å². The van der Waals surface area contributed by atoms with E-state index in [9.17, 15) is 0 Å². The van der Waals surface area contributed by atoms with Crippen molar-refractivity contribution >= 4 is 16.9 Å². The summed E-state index contributed by atoms with van der Waals surface area (Å²) in [7, 11) is 0. The molecule has 4 heteroatoms. The van der Waals surface area contributed by atoms with E-state index in [1.807, 2.05) is 12.4 Å². The number of rotatable bonds is 5. The standard InChI is InChI=1S/C23H30N4/c1-6-26-13-10-19-20(8-12-25-22(19)26)23(4,5)15-27-14-9-18-17(16(2)3)7-11-24-21(18)27/h7-8,10-13,16H,6,9,14-15H2,1-5H3. The summed E-state index contributed by atoms with van der Waals surface area (Å²) in [5.41, 5.74) is 5.36. The van der Waals surface area contributed by atoms with Crippen LogP contribution in [0.1, 0.15) is 57.2 Å². The third-order valence-electron chi connectivity index (χ3n) is 5.94. The van der Waals surface area contributed by atoms with Gasteiger partial charge in [-0.25, -0.2) is 9.97 Å². The Hall–Kier alpha value is -2.36. The van der Waals surface area contributed by atoms with E-state index in [0.29, 0.717) is 5.92 Å². The fourth-order valence-corrected chi connectivity index (χ4v) is 4.57. The van der Waals surface area contributed by atoms with Crippen LogP contribution in [0.2, 0.25) is 0 Å². The van der Waals surface area contributed by atoms with Crippen LogP contribution in [0.3, 0.4) is 0 Å². The van der Waals surface area contributed by atoms with Gasteiger partial charge in [0.2, 0.25) is 0 Å². The number of hydrogen-bond acceptors (Lipinski definition) is 3. The second kappa shape index (κ2) is 6.66. The van der Waals surface area contributed by atoms with Gasteiger partial charge in [-0.1, -0.05) is 27.7 Å². The molecule has 0 aliphatic carbocycles. The molecule has 0 atom stereocenters. The van der Waals surface area contributed by atoms with Gasteiger partial charge in [-0.2, -0.15) is 0 Å². The van der Waals surface area contributed by atoms with E-state index in [1.54, 1.807) is 0 Å². The number of nitrogens with zero attached hydrogens (tertiary/aromatic N) is 4. The molecule has 3 aromatic rings. The summed E-state index contributed by atoms with van der Waals surface area (Å²) in [5.74, 6) is 1.73. The van der Waals surface area contributed by atoms with E-state index in [4.69, 9.17) is 4.98 Å². The number of pyridine rings is 2. The zero-order chi connectivity index (χ0) is 19.2. The molecule has 0 bridgehead atoms. The van der Waals surface area contributed by atoms with Gasteiger partial charge >= 0.3 is 0 Å². The van der Waals surface area contributed by atoms with E-state index < -0.39 is 0 Å². The first-order valence-corrected chi connectivity index (χ1v) is 10.1. The minimum absolute atomic E-state index is 0.0121. The summed E-state index contributed by atoms with van der Waals surface area (Å²) in [6, 6.07) is 6.60. The summed E-state index contributed by atoms with van der Waals surface area (Å²) in [6.45, 7) is 14.4. The first-order valence-electron chi connectivity index (χ1n) is 10.1. The lowest BCUT2D eigenvalue weighted by Crippen LogP contribution is -2.36. The normalized spacial score (nSPS) is 14.4.